The molecule has 0 amide bonds. The van der Waals surface area contributed by atoms with Gasteiger partial charge < -0.3 is 15.6 Å². The summed E-state index contributed by atoms with van der Waals surface area (Å²) in [6, 6.07) is 11.1. The van der Waals surface area contributed by atoms with Crippen LogP contribution in [0.1, 0.15) is 15.9 Å². The van der Waals surface area contributed by atoms with Gasteiger partial charge in [0.1, 0.15) is 11.5 Å². The van der Waals surface area contributed by atoms with Crippen LogP contribution in [0, 0.1) is 6.92 Å². The van der Waals surface area contributed by atoms with E-state index in [1.807, 2.05) is 0 Å². The van der Waals surface area contributed by atoms with Crippen LogP contribution in [-0.2, 0) is 0 Å². The second-order valence-corrected chi connectivity index (χ2v) is 3.96. The molecule has 4 heteroatoms. The number of aromatic hydroxyl groups is 1. The maximum atomic E-state index is 11.8. The summed E-state index contributed by atoms with van der Waals surface area (Å²) in [6.07, 6.45) is 0. The first kappa shape index (κ1) is 12.0. The Hall–Kier alpha value is -2.49. The number of hydrogen-bond acceptors (Lipinski definition) is 4. The molecule has 0 atom stereocenters. The third kappa shape index (κ3) is 2.60. The number of esters is 1. The van der Waals surface area contributed by atoms with Gasteiger partial charge in [0, 0.05) is 5.69 Å². The molecule has 2 rings (SSSR count). The standard InChI is InChI=1S/C14H13NO3/c1-9-8-10(2-7-13(9)16)14(17)18-12-5-3-11(15)4-6-12/h2-8,16H,15H2,1H3. The summed E-state index contributed by atoms with van der Waals surface area (Å²) in [6.45, 7) is 1.72. The Morgan fingerprint density at radius 2 is 1.83 bits per heavy atom. The molecule has 0 aliphatic heterocycles. The summed E-state index contributed by atoms with van der Waals surface area (Å²) in [5, 5.41) is 9.38. The zero-order valence-corrected chi connectivity index (χ0v) is 9.88. The zero-order valence-electron chi connectivity index (χ0n) is 9.88. The van der Waals surface area contributed by atoms with Crippen LogP contribution in [0.3, 0.4) is 0 Å². The minimum atomic E-state index is -0.470. The van der Waals surface area contributed by atoms with E-state index in [9.17, 15) is 9.90 Å². The maximum absolute atomic E-state index is 11.8. The van der Waals surface area contributed by atoms with Crippen molar-refractivity contribution in [1.82, 2.24) is 0 Å². The number of hydrogen-bond donors (Lipinski definition) is 2. The van der Waals surface area contributed by atoms with Crippen molar-refractivity contribution in [3.05, 3.63) is 53.6 Å². The molecule has 0 aliphatic carbocycles. The van der Waals surface area contributed by atoms with Gasteiger partial charge in [-0.1, -0.05) is 0 Å². The van der Waals surface area contributed by atoms with Gasteiger partial charge >= 0.3 is 5.97 Å². The zero-order chi connectivity index (χ0) is 13.1. The fraction of sp³-hybridized carbons (Fsp3) is 0.0714. The molecule has 0 fully saturated rings. The largest absolute Gasteiger partial charge is 0.508 e. The van der Waals surface area contributed by atoms with Crippen molar-refractivity contribution < 1.29 is 14.6 Å². The number of aryl methyl sites for hydroxylation is 1. The van der Waals surface area contributed by atoms with Crippen LogP contribution in [0.25, 0.3) is 0 Å². The van der Waals surface area contributed by atoms with Gasteiger partial charge in [-0.2, -0.15) is 0 Å². The number of benzene rings is 2. The number of carbonyl (C=O) groups excluding carboxylic acids is 1. The third-order valence-electron chi connectivity index (χ3n) is 2.52. The second-order valence-electron chi connectivity index (χ2n) is 3.96. The first-order valence-corrected chi connectivity index (χ1v) is 5.43. The Morgan fingerprint density at radius 3 is 2.44 bits per heavy atom. The molecule has 4 nitrogen and oxygen atoms in total. The predicted molar refractivity (Wildman–Crippen MR) is 68.7 cm³/mol. The molecule has 0 spiro atoms. The first-order valence-electron chi connectivity index (χ1n) is 5.43. The Kier molecular flexibility index (Phi) is 3.19. The number of rotatable bonds is 2. The summed E-state index contributed by atoms with van der Waals surface area (Å²) in [5.74, 6) is 0.113. The molecule has 0 aliphatic rings. The van der Waals surface area contributed by atoms with Crippen LogP contribution in [-0.4, -0.2) is 11.1 Å². The van der Waals surface area contributed by atoms with Gasteiger partial charge in [-0.3, -0.25) is 0 Å². The van der Waals surface area contributed by atoms with Crippen molar-refractivity contribution in [1.29, 1.82) is 0 Å². The molecule has 2 aromatic carbocycles. The molecule has 0 bridgehead atoms. The lowest BCUT2D eigenvalue weighted by Crippen LogP contribution is -2.08. The highest BCUT2D eigenvalue weighted by Gasteiger charge is 2.09. The molecule has 0 heterocycles. The van der Waals surface area contributed by atoms with Crippen molar-refractivity contribution in [2.24, 2.45) is 0 Å². The van der Waals surface area contributed by atoms with Crippen molar-refractivity contribution in [3.63, 3.8) is 0 Å². The second kappa shape index (κ2) is 4.79. The van der Waals surface area contributed by atoms with Crippen molar-refractivity contribution in [2.75, 3.05) is 5.73 Å². The molecular weight excluding hydrogens is 230 g/mol. The fourth-order valence-electron chi connectivity index (χ4n) is 1.48. The normalized spacial score (nSPS) is 10.1. The average molecular weight is 243 g/mol. The van der Waals surface area contributed by atoms with Gasteiger partial charge in [0.25, 0.3) is 0 Å². The summed E-state index contributed by atoms with van der Waals surface area (Å²) in [7, 11) is 0. The van der Waals surface area contributed by atoms with Crippen LogP contribution in [0.4, 0.5) is 5.69 Å². The summed E-state index contributed by atoms with van der Waals surface area (Å²) >= 11 is 0. The number of carbonyl (C=O) groups is 1. The smallest absolute Gasteiger partial charge is 0.343 e. The number of anilines is 1. The van der Waals surface area contributed by atoms with Crippen molar-refractivity contribution >= 4 is 11.7 Å². The quantitative estimate of drug-likeness (QED) is 0.483. The maximum Gasteiger partial charge on any atom is 0.343 e. The van der Waals surface area contributed by atoms with Gasteiger partial charge in [-0.15, -0.1) is 0 Å². The molecule has 0 radical (unpaired) electrons. The van der Waals surface area contributed by atoms with Crippen LogP contribution < -0.4 is 10.5 Å². The lowest BCUT2D eigenvalue weighted by Gasteiger charge is -2.06. The summed E-state index contributed by atoms with van der Waals surface area (Å²) < 4.78 is 5.17. The monoisotopic (exact) mass is 243 g/mol. The van der Waals surface area contributed by atoms with E-state index < -0.39 is 5.97 Å². The summed E-state index contributed by atoms with van der Waals surface area (Å²) in [5.41, 5.74) is 7.16. The van der Waals surface area contributed by atoms with Gasteiger partial charge in [0.15, 0.2) is 0 Å². The van der Waals surface area contributed by atoms with Crippen LogP contribution in [0.2, 0.25) is 0 Å². The number of nitrogens with two attached hydrogens (primary N) is 1. The Bertz CT molecular complexity index is 576. The van der Waals surface area contributed by atoms with E-state index in [1.165, 1.54) is 12.1 Å². The van der Waals surface area contributed by atoms with E-state index >= 15 is 0 Å². The predicted octanol–water partition coefficient (Wildman–Crippen LogP) is 2.50. The molecule has 0 aromatic heterocycles. The van der Waals surface area contributed by atoms with Gasteiger partial charge in [0.05, 0.1) is 5.56 Å². The van der Waals surface area contributed by atoms with Crippen LogP contribution in [0.15, 0.2) is 42.5 Å². The number of phenolic OH excluding ortho intramolecular Hbond substituents is 1. The van der Waals surface area contributed by atoms with E-state index in [-0.39, 0.29) is 5.75 Å². The van der Waals surface area contributed by atoms with Crippen molar-refractivity contribution in [3.8, 4) is 11.5 Å². The number of nitrogen functional groups attached to an aromatic ring is 1. The average Bonchev–Trinajstić information content (AvgIpc) is 2.35. The van der Waals surface area contributed by atoms with Crippen LogP contribution in [0.5, 0.6) is 11.5 Å². The molecule has 92 valence electrons. The highest BCUT2D eigenvalue weighted by Crippen LogP contribution is 2.19. The van der Waals surface area contributed by atoms with E-state index in [2.05, 4.69) is 0 Å². The molecule has 0 saturated heterocycles. The minimum absolute atomic E-state index is 0.152. The highest BCUT2D eigenvalue weighted by molar-refractivity contribution is 5.91. The minimum Gasteiger partial charge on any atom is -0.508 e. The van der Waals surface area contributed by atoms with E-state index in [0.717, 1.165) is 0 Å². The highest BCUT2D eigenvalue weighted by atomic mass is 16.5. The SMILES string of the molecule is Cc1cc(C(=O)Oc2ccc(N)cc2)ccc1O. The van der Waals surface area contributed by atoms with Gasteiger partial charge in [-0.05, 0) is 55.0 Å². The molecule has 0 saturated carbocycles. The fourth-order valence-corrected chi connectivity index (χ4v) is 1.48. The molecule has 3 N–H and O–H groups in total. The van der Waals surface area contributed by atoms with E-state index in [1.54, 1.807) is 37.3 Å². The topological polar surface area (TPSA) is 72.5 Å². The van der Waals surface area contributed by atoms with Gasteiger partial charge in [-0.25, -0.2) is 4.79 Å². The Labute approximate surface area is 105 Å². The number of phenols is 1. The van der Waals surface area contributed by atoms with E-state index in [0.29, 0.717) is 22.6 Å². The van der Waals surface area contributed by atoms with Crippen molar-refractivity contribution in [2.45, 2.75) is 6.92 Å². The van der Waals surface area contributed by atoms with E-state index in [4.69, 9.17) is 10.5 Å². The first-order chi connectivity index (χ1) is 8.56. The third-order valence-corrected chi connectivity index (χ3v) is 2.52. The van der Waals surface area contributed by atoms with Gasteiger partial charge in [0.2, 0.25) is 0 Å². The molecule has 0 unspecified atom stereocenters. The molecule has 18 heavy (non-hydrogen) atoms. The summed E-state index contributed by atoms with van der Waals surface area (Å²) in [4.78, 5) is 11.8. The van der Waals surface area contributed by atoms with Crippen LogP contribution >= 0.6 is 0 Å². The Balaban J connectivity index is 2.16. The molecular formula is C14H13NO3. The lowest BCUT2D eigenvalue weighted by molar-refractivity contribution is 0.0734. The number of ether oxygens (including phenoxy) is 1. The Morgan fingerprint density at radius 1 is 1.17 bits per heavy atom. The lowest BCUT2D eigenvalue weighted by atomic mass is 10.1. The molecule has 2 aromatic rings.